The number of rotatable bonds is 4. The summed E-state index contributed by atoms with van der Waals surface area (Å²) >= 11 is 0. The minimum absolute atomic E-state index is 0.209. The Morgan fingerprint density at radius 1 is 1.53 bits per heavy atom. The minimum atomic E-state index is -0.594. The Morgan fingerprint density at radius 2 is 2.26 bits per heavy atom. The molecule has 0 radical (unpaired) electrons. The largest absolute Gasteiger partial charge is 0.441 e. The van der Waals surface area contributed by atoms with E-state index < -0.39 is 6.04 Å². The van der Waals surface area contributed by atoms with E-state index in [2.05, 4.69) is 10.4 Å². The standard InChI is InChI=1S/C13H18N4O2/c1-8-15-11-5-4-9(7-12(11)19-8)6-10(14)13(18)16-17(2)3/h4-5,7,10H,6,14H2,1-3H3,(H,16,18). The van der Waals surface area contributed by atoms with Crippen LogP contribution in [0.15, 0.2) is 22.6 Å². The molecular formula is C13H18N4O2. The van der Waals surface area contributed by atoms with Gasteiger partial charge in [-0.15, -0.1) is 0 Å². The number of aryl methyl sites for hydroxylation is 1. The van der Waals surface area contributed by atoms with Gasteiger partial charge in [-0.2, -0.15) is 0 Å². The first-order valence-corrected chi connectivity index (χ1v) is 6.05. The van der Waals surface area contributed by atoms with Crippen molar-refractivity contribution in [3.63, 3.8) is 0 Å². The molecule has 0 bridgehead atoms. The maximum Gasteiger partial charge on any atom is 0.251 e. The summed E-state index contributed by atoms with van der Waals surface area (Å²) < 4.78 is 5.45. The molecule has 0 aliphatic carbocycles. The zero-order valence-electron chi connectivity index (χ0n) is 11.3. The van der Waals surface area contributed by atoms with Crippen LogP contribution in [0, 0.1) is 6.92 Å². The first-order chi connectivity index (χ1) is 8.95. The topological polar surface area (TPSA) is 84.4 Å². The van der Waals surface area contributed by atoms with E-state index in [0.717, 1.165) is 16.7 Å². The van der Waals surface area contributed by atoms with Crippen molar-refractivity contribution < 1.29 is 9.21 Å². The zero-order valence-corrected chi connectivity index (χ0v) is 11.3. The predicted octanol–water partition coefficient (Wildman–Crippen LogP) is 0.599. The van der Waals surface area contributed by atoms with Crippen molar-refractivity contribution in [2.75, 3.05) is 14.1 Å². The molecule has 1 atom stereocenters. The van der Waals surface area contributed by atoms with Gasteiger partial charge in [0.1, 0.15) is 5.52 Å². The van der Waals surface area contributed by atoms with E-state index in [0.29, 0.717) is 12.3 Å². The van der Waals surface area contributed by atoms with E-state index in [1.165, 1.54) is 0 Å². The van der Waals surface area contributed by atoms with E-state index in [4.69, 9.17) is 10.2 Å². The van der Waals surface area contributed by atoms with Crippen LogP contribution in [0.1, 0.15) is 11.5 Å². The van der Waals surface area contributed by atoms with Crippen LogP contribution in [0.2, 0.25) is 0 Å². The van der Waals surface area contributed by atoms with Crippen molar-refractivity contribution in [3.8, 4) is 0 Å². The van der Waals surface area contributed by atoms with Crippen molar-refractivity contribution in [2.24, 2.45) is 5.73 Å². The summed E-state index contributed by atoms with van der Waals surface area (Å²) in [6.45, 7) is 1.80. The van der Waals surface area contributed by atoms with Gasteiger partial charge in [0, 0.05) is 21.0 Å². The molecule has 1 aromatic carbocycles. The van der Waals surface area contributed by atoms with Crippen LogP contribution in [-0.2, 0) is 11.2 Å². The van der Waals surface area contributed by atoms with Gasteiger partial charge >= 0.3 is 0 Å². The lowest BCUT2D eigenvalue weighted by molar-refractivity contribution is -0.126. The Balaban J connectivity index is 2.10. The molecule has 0 saturated heterocycles. The summed E-state index contributed by atoms with van der Waals surface area (Å²) in [7, 11) is 3.49. The Labute approximate surface area is 111 Å². The molecule has 1 aromatic heterocycles. The first kappa shape index (κ1) is 13.5. The van der Waals surface area contributed by atoms with E-state index >= 15 is 0 Å². The number of hydrogen-bond acceptors (Lipinski definition) is 5. The number of aromatic nitrogens is 1. The summed E-state index contributed by atoms with van der Waals surface area (Å²) in [6, 6.07) is 5.06. The fourth-order valence-corrected chi connectivity index (χ4v) is 1.86. The number of benzene rings is 1. The third-order valence-electron chi connectivity index (χ3n) is 2.69. The van der Waals surface area contributed by atoms with Crippen LogP contribution in [-0.4, -0.2) is 36.0 Å². The van der Waals surface area contributed by atoms with Crippen molar-refractivity contribution in [2.45, 2.75) is 19.4 Å². The SMILES string of the molecule is Cc1nc2ccc(CC(N)C(=O)NN(C)C)cc2o1. The molecule has 1 unspecified atom stereocenters. The van der Waals surface area contributed by atoms with Crippen LogP contribution >= 0.6 is 0 Å². The molecule has 0 spiro atoms. The van der Waals surface area contributed by atoms with Gasteiger partial charge in [0.15, 0.2) is 11.5 Å². The molecule has 0 fully saturated rings. The Kier molecular flexibility index (Phi) is 3.82. The normalized spacial score (nSPS) is 12.9. The molecule has 102 valence electrons. The van der Waals surface area contributed by atoms with Gasteiger partial charge in [0.05, 0.1) is 6.04 Å². The first-order valence-electron chi connectivity index (χ1n) is 6.05. The van der Waals surface area contributed by atoms with Gasteiger partial charge in [-0.25, -0.2) is 9.99 Å². The summed E-state index contributed by atoms with van der Waals surface area (Å²) in [5, 5.41) is 1.57. The monoisotopic (exact) mass is 262 g/mol. The van der Waals surface area contributed by atoms with Crippen molar-refractivity contribution in [3.05, 3.63) is 29.7 Å². The molecule has 0 saturated carbocycles. The number of hydrogen-bond donors (Lipinski definition) is 2. The third-order valence-corrected chi connectivity index (χ3v) is 2.69. The second-order valence-electron chi connectivity index (χ2n) is 4.72. The maximum atomic E-state index is 11.7. The maximum absolute atomic E-state index is 11.7. The molecule has 0 aliphatic heterocycles. The van der Waals surface area contributed by atoms with Crippen LogP contribution in [0.5, 0.6) is 0 Å². The zero-order chi connectivity index (χ0) is 14.0. The van der Waals surface area contributed by atoms with Crippen molar-refractivity contribution in [1.82, 2.24) is 15.4 Å². The number of fused-ring (bicyclic) bond motifs is 1. The smallest absolute Gasteiger partial charge is 0.251 e. The number of nitrogens with zero attached hydrogens (tertiary/aromatic N) is 2. The summed E-state index contributed by atoms with van der Waals surface area (Å²) in [4.78, 5) is 15.9. The minimum Gasteiger partial charge on any atom is -0.441 e. The Hall–Kier alpha value is -1.92. The molecule has 2 aromatic rings. The van der Waals surface area contributed by atoms with Gasteiger partial charge in [0.25, 0.3) is 5.91 Å². The lowest BCUT2D eigenvalue weighted by Crippen LogP contribution is -2.47. The quantitative estimate of drug-likeness (QED) is 0.788. The lowest BCUT2D eigenvalue weighted by atomic mass is 10.1. The molecule has 6 heteroatoms. The number of carbonyl (C=O) groups is 1. The number of nitrogens with two attached hydrogens (primary N) is 1. The molecule has 2 rings (SSSR count). The van der Waals surface area contributed by atoms with E-state index in [9.17, 15) is 4.79 Å². The van der Waals surface area contributed by atoms with Crippen LogP contribution in [0.4, 0.5) is 0 Å². The molecule has 1 heterocycles. The number of oxazole rings is 1. The number of amides is 1. The summed E-state index contributed by atoms with van der Waals surface area (Å²) in [5.74, 6) is 0.417. The van der Waals surface area contributed by atoms with Crippen LogP contribution in [0.3, 0.4) is 0 Å². The number of carbonyl (C=O) groups excluding carboxylic acids is 1. The highest BCUT2D eigenvalue weighted by Crippen LogP contribution is 2.17. The second-order valence-corrected chi connectivity index (χ2v) is 4.72. The molecule has 6 nitrogen and oxygen atoms in total. The predicted molar refractivity (Wildman–Crippen MR) is 72.3 cm³/mol. The fourth-order valence-electron chi connectivity index (χ4n) is 1.86. The highest BCUT2D eigenvalue weighted by Gasteiger charge is 2.15. The van der Waals surface area contributed by atoms with Gasteiger partial charge in [0.2, 0.25) is 0 Å². The Morgan fingerprint density at radius 3 is 2.95 bits per heavy atom. The molecular weight excluding hydrogens is 244 g/mol. The van der Waals surface area contributed by atoms with Gasteiger partial charge in [-0.3, -0.25) is 10.2 Å². The van der Waals surface area contributed by atoms with Crippen LogP contribution in [0.25, 0.3) is 11.1 Å². The third kappa shape index (κ3) is 3.30. The van der Waals surface area contributed by atoms with Gasteiger partial charge in [-0.1, -0.05) is 6.07 Å². The van der Waals surface area contributed by atoms with Gasteiger partial charge < -0.3 is 10.2 Å². The average Bonchev–Trinajstić information content (AvgIpc) is 2.67. The number of hydrazine groups is 1. The highest BCUT2D eigenvalue weighted by molar-refractivity contribution is 5.81. The van der Waals surface area contributed by atoms with E-state index in [1.54, 1.807) is 26.0 Å². The summed E-state index contributed by atoms with van der Waals surface area (Å²) in [6.07, 6.45) is 0.454. The number of nitrogens with one attached hydrogen (secondary N) is 1. The van der Waals surface area contributed by atoms with Crippen molar-refractivity contribution in [1.29, 1.82) is 0 Å². The molecule has 3 N–H and O–H groups in total. The van der Waals surface area contributed by atoms with Crippen molar-refractivity contribution >= 4 is 17.0 Å². The highest BCUT2D eigenvalue weighted by atomic mass is 16.3. The molecule has 19 heavy (non-hydrogen) atoms. The Bertz CT molecular complexity index is 591. The molecule has 0 aliphatic rings. The van der Waals surface area contributed by atoms with Crippen LogP contribution < -0.4 is 11.2 Å². The second kappa shape index (κ2) is 5.38. The molecule has 1 amide bonds. The van der Waals surface area contributed by atoms with E-state index in [1.807, 2.05) is 18.2 Å². The summed E-state index contributed by atoms with van der Waals surface area (Å²) in [5.41, 5.74) is 11.0. The fraction of sp³-hybridized carbons (Fsp3) is 0.385. The average molecular weight is 262 g/mol. The lowest BCUT2D eigenvalue weighted by Gasteiger charge is -2.16. The van der Waals surface area contributed by atoms with Gasteiger partial charge in [-0.05, 0) is 24.1 Å². The van der Waals surface area contributed by atoms with E-state index in [-0.39, 0.29) is 5.91 Å².